The van der Waals surface area contributed by atoms with E-state index in [1.807, 2.05) is 0 Å². The van der Waals surface area contributed by atoms with Crippen LogP contribution in [0.1, 0.15) is 66.2 Å². The van der Waals surface area contributed by atoms with Crippen molar-refractivity contribution in [3.05, 3.63) is 0 Å². The lowest BCUT2D eigenvalue weighted by molar-refractivity contribution is -0.0474. The van der Waals surface area contributed by atoms with Crippen molar-refractivity contribution in [3.63, 3.8) is 0 Å². The predicted octanol–water partition coefficient (Wildman–Crippen LogP) is 4.00. The number of hydrogen-bond donors (Lipinski definition) is 1. The highest BCUT2D eigenvalue weighted by atomic mass is 16.5. The molecule has 112 valence electrons. The van der Waals surface area contributed by atoms with E-state index in [9.17, 15) is 0 Å². The monoisotopic (exact) mass is 267 g/mol. The molecule has 0 heterocycles. The van der Waals surface area contributed by atoms with Crippen molar-refractivity contribution in [2.75, 3.05) is 19.7 Å². The summed E-state index contributed by atoms with van der Waals surface area (Å²) in [6.07, 6.45) is 8.29. The minimum absolute atomic E-state index is 0.429. The van der Waals surface area contributed by atoms with Gasteiger partial charge < -0.3 is 10.1 Å². The molecule has 0 aromatic rings. The van der Waals surface area contributed by atoms with Gasteiger partial charge in [-0.15, -0.1) is 0 Å². The third-order valence-electron chi connectivity index (χ3n) is 6.21. The molecule has 0 radical (unpaired) electrons. The van der Waals surface area contributed by atoms with Gasteiger partial charge in [0, 0.05) is 6.61 Å². The summed E-state index contributed by atoms with van der Waals surface area (Å²) in [6, 6.07) is 0. The van der Waals surface area contributed by atoms with Gasteiger partial charge in [-0.3, -0.25) is 0 Å². The number of hydrogen-bond acceptors (Lipinski definition) is 2. The zero-order valence-corrected chi connectivity index (χ0v) is 13.4. The van der Waals surface area contributed by atoms with Crippen LogP contribution in [0.15, 0.2) is 0 Å². The second kappa shape index (κ2) is 6.13. The molecule has 2 nitrogen and oxygen atoms in total. The van der Waals surface area contributed by atoms with Gasteiger partial charge in [0.25, 0.3) is 0 Å². The first kappa shape index (κ1) is 15.3. The molecule has 0 amide bonds. The minimum Gasteiger partial charge on any atom is -0.378 e. The quantitative estimate of drug-likeness (QED) is 0.671. The Labute approximate surface area is 119 Å². The Morgan fingerprint density at radius 2 is 1.95 bits per heavy atom. The summed E-state index contributed by atoms with van der Waals surface area (Å²) in [5, 5.41) is 3.46. The van der Waals surface area contributed by atoms with Crippen LogP contribution in [0.3, 0.4) is 0 Å². The zero-order chi connectivity index (χ0) is 13.9. The highest BCUT2D eigenvalue weighted by molar-refractivity contribution is 5.11. The topological polar surface area (TPSA) is 21.3 Å². The van der Waals surface area contributed by atoms with E-state index in [1.165, 1.54) is 38.5 Å². The van der Waals surface area contributed by atoms with E-state index in [0.29, 0.717) is 16.9 Å². The van der Waals surface area contributed by atoms with Crippen LogP contribution in [-0.2, 0) is 4.74 Å². The maximum Gasteiger partial charge on any atom is 0.0636 e. The molecule has 2 bridgehead atoms. The lowest BCUT2D eigenvalue weighted by Crippen LogP contribution is -2.37. The first-order valence-electron chi connectivity index (χ1n) is 8.34. The average molecular weight is 267 g/mol. The van der Waals surface area contributed by atoms with Crippen LogP contribution in [-0.4, -0.2) is 25.8 Å². The van der Waals surface area contributed by atoms with Gasteiger partial charge >= 0.3 is 0 Å². The largest absolute Gasteiger partial charge is 0.378 e. The Kier molecular flexibility index (Phi) is 4.94. The van der Waals surface area contributed by atoms with Crippen molar-refractivity contribution >= 4 is 0 Å². The molecule has 2 fully saturated rings. The van der Waals surface area contributed by atoms with Crippen LogP contribution in [0, 0.1) is 16.7 Å². The van der Waals surface area contributed by atoms with Crippen molar-refractivity contribution in [3.8, 4) is 0 Å². The Morgan fingerprint density at radius 1 is 1.16 bits per heavy atom. The maximum absolute atomic E-state index is 6.25. The lowest BCUT2D eigenvalue weighted by Gasteiger charge is -2.39. The number of fused-ring (bicyclic) bond motifs is 2. The van der Waals surface area contributed by atoms with E-state index in [4.69, 9.17) is 4.74 Å². The first-order chi connectivity index (χ1) is 9.02. The van der Waals surface area contributed by atoms with E-state index >= 15 is 0 Å². The number of rotatable bonds is 8. The molecular weight excluding hydrogens is 234 g/mol. The molecule has 2 heteroatoms. The number of ether oxygens (including phenoxy) is 1. The molecular formula is C17H33NO. The third-order valence-corrected chi connectivity index (χ3v) is 6.21. The van der Waals surface area contributed by atoms with Crippen molar-refractivity contribution in [2.45, 2.75) is 72.3 Å². The number of nitrogens with one attached hydrogen (secondary N) is 1. The molecule has 2 saturated carbocycles. The Hall–Kier alpha value is -0.0800. The van der Waals surface area contributed by atoms with Gasteiger partial charge in [0.2, 0.25) is 0 Å². The average Bonchev–Trinajstić information content (AvgIpc) is 2.70. The molecule has 2 aliphatic rings. The van der Waals surface area contributed by atoms with Crippen molar-refractivity contribution in [1.29, 1.82) is 0 Å². The zero-order valence-electron chi connectivity index (χ0n) is 13.4. The molecule has 3 unspecified atom stereocenters. The van der Waals surface area contributed by atoms with Gasteiger partial charge in [-0.2, -0.15) is 0 Å². The third kappa shape index (κ3) is 2.85. The van der Waals surface area contributed by atoms with Crippen LogP contribution in [0.25, 0.3) is 0 Å². The fourth-order valence-corrected chi connectivity index (χ4v) is 4.26. The van der Waals surface area contributed by atoms with Gasteiger partial charge in [0.1, 0.15) is 0 Å². The van der Waals surface area contributed by atoms with Gasteiger partial charge in [0.05, 0.1) is 6.10 Å². The van der Waals surface area contributed by atoms with E-state index in [0.717, 1.165) is 25.6 Å². The Balaban J connectivity index is 1.65. The highest BCUT2D eigenvalue weighted by Gasteiger charge is 2.61. The Bertz CT molecular complexity index is 289. The van der Waals surface area contributed by atoms with Crippen molar-refractivity contribution in [2.24, 2.45) is 16.7 Å². The van der Waals surface area contributed by atoms with E-state index in [1.54, 1.807) is 0 Å². The summed E-state index contributed by atoms with van der Waals surface area (Å²) in [4.78, 5) is 0. The van der Waals surface area contributed by atoms with Gasteiger partial charge in [-0.05, 0) is 68.4 Å². The standard InChI is InChI=1S/C17H33NO/c1-5-10-18-11-6-7-12-19-15-13-14-8-9-17(15,4)16(14,2)3/h14-15,18H,5-13H2,1-4H3. The minimum atomic E-state index is 0.429. The van der Waals surface area contributed by atoms with Crippen molar-refractivity contribution < 1.29 is 4.74 Å². The van der Waals surface area contributed by atoms with Gasteiger partial charge in [-0.25, -0.2) is 0 Å². The molecule has 0 aromatic heterocycles. The van der Waals surface area contributed by atoms with E-state index in [-0.39, 0.29) is 0 Å². The van der Waals surface area contributed by atoms with Crippen LogP contribution >= 0.6 is 0 Å². The summed E-state index contributed by atoms with van der Waals surface area (Å²) < 4.78 is 6.25. The first-order valence-corrected chi connectivity index (χ1v) is 8.34. The molecule has 0 saturated heterocycles. The summed E-state index contributed by atoms with van der Waals surface area (Å²) in [7, 11) is 0. The van der Waals surface area contributed by atoms with E-state index in [2.05, 4.69) is 33.0 Å². The van der Waals surface area contributed by atoms with Crippen LogP contribution in [0.5, 0.6) is 0 Å². The fraction of sp³-hybridized carbons (Fsp3) is 1.00. The molecule has 2 rings (SSSR count). The second-order valence-corrected chi connectivity index (χ2v) is 7.43. The smallest absolute Gasteiger partial charge is 0.0636 e. The van der Waals surface area contributed by atoms with Crippen LogP contribution < -0.4 is 5.32 Å². The summed E-state index contributed by atoms with van der Waals surface area (Å²) >= 11 is 0. The molecule has 1 N–H and O–H groups in total. The summed E-state index contributed by atoms with van der Waals surface area (Å²) in [6.45, 7) is 12.9. The molecule has 0 aromatic carbocycles. The van der Waals surface area contributed by atoms with Gasteiger partial charge in [0.15, 0.2) is 0 Å². The summed E-state index contributed by atoms with van der Waals surface area (Å²) in [5.74, 6) is 0.897. The normalized spacial score (nSPS) is 36.0. The summed E-state index contributed by atoms with van der Waals surface area (Å²) in [5.41, 5.74) is 0.915. The number of unbranched alkanes of at least 4 members (excludes halogenated alkanes) is 1. The maximum atomic E-state index is 6.25. The van der Waals surface area contributed by atoms with Crippen LogP contribution in [0.4, 0.5) is 0 Å². The molecule has 19 heavy (non-hydrogen) atoms. The molecule has 0 spiro atoms. The molecule has 2 aliphatic carbocycles. The van der Waals surface area contributed by atoms with Gasteiger partial charge in [-0.1, -0.05) is 27.7 Å². The lowest BCUT2D eigenvalue weighted by atomic mass is 9.70. The molecule has 3 atom stereocenters. The SMILES string of the molecule is CCCNCCCCOC1CC2CCC1(C)C2(C)C. The predicted molar refractivity (Wildman–Crippen MR) is 81.4 cm³/mol. The molecule has 0 aliphatic heterocycles. The second-order valence-electron chi connectivity index (χ2n) is 7.43. The van der Waals surface area contributed by atoms with E-state index < -0.39 is 0 Å². The highest BCUT2D eigenvalue weighted by Crippen LogP contribution is 2.66. The van der Waals surface area contributed by atoms with Crippen LogP contribution in [0.2, 0.25) is 0 Å². The fourth-order valence-electron chi connectivity index (χ4n) is 4.26. The van der Waals surface area contributed by atoms with Crippen molar-refractivity contribution in [1.82, 2.24) is 5.32 Å². The Morgan fingerprint density at radius 3 is 2.53 bits per heavy atom.